The maximum absolute atomic E-state index is 12.7. The van der Waals surface area contributed by atoms with Crippen LogP contribution in [-0.4, -0.2) is 53.6 Å². The highest BCUT2D eigenvalue weighted by atomic mass is 16.5. The zero-order chi connectivity index (χ0) is 23.6. The van der Waals surface area contributed by atoms with Crippen LogP contribution < -0.4 is 14.8 Å². The maximum Gasteiger partial charge on any atom is 0.262 e. The Kier molecular flexibility index (Phi) is 6.18. The van der Waals surface area contributed by atoms with E-state index in [0.717, 1.165) is 0 Å². The van der Waals surface area contributed by atoms with E-state index in [1.54, 1.807) is 54.3 Å². The number of carbonyl (C=O) groups is 4. The minimum Gasteiger partial charge on any atom is -0.486 e. The van der Waals surface area contributed by atoms with Crippen molar-refractivity contribution in [1.29, 1.82) is 0 Å². The molecule has 1 fully saturated rings. The summed E-state index contributed by atoms with van der Waals surface area (Å²) in [4.78, 5) is 49.9. The summed E-state index contributed by atoms with van der Waals surface area (Å²) in [5.41, 5.74) is 0.892. The van der Waals surface area contributed by atoms with E-state index in [2.05, 4.69) is 5.32 Å². The number of hydrogen-bond donors (Lipinski definition) is 1. The summed E-state index contributed by atoms with van der Waals surface area (Å²) in [6.07, 6.45) is 1.46. The van der Waals surface area contributed by atoms with Crippen molar-refractivity contribution in [3.05, 3.63) is 53.6 Å². The number of ketones is 2. The zero-order valence-electron chi connectivity index (χ0n) is 18.7. The monoisotopic (exact) mass is 450 g/mol. The first-order valence-electron chi connectivity index (χ1n) is 10.9. The fraction of sp³-hybridized carbons (Fsp3) is 0.360. The second kappa shape index (κ2) is 9.05. The maximum atomic E-state index is 12.7. The third-order valence-corrected chi connectivity index (χ3v) is 6.11. The number of nitrogens with one attached hydrogen (secondary N) is 1. The molecule has 1 N–H and O–H groups in total. The largest absolute Gasteiger partial charge is 0.486 e. The normalized spacial score (nSPS) is 16.5. The molecule has 1 saturated heterocycles. The Labute approximate surface area is 191 Å². The van der Waals surface area contributed by atoms with Crippen LogP contribution in [0.15, 0.2) is 42.5 Å². The fourth-order valence-electron chi connectivity index (χ4n) is 4.23. The van der Waals surface area contributed by atoms with E-state index in [4.69, 9.17) is 9.47 Å². The Morgan fingerprint density at radius 1 is 1.09 bits per heavy atom. The lowest BCUT2D eigenvalue weighted by molar-refractivity contribution is -0.132. The molecule has 2 aliphatic heterocycles. The van der Waals surface area contributed by atoms with Crippen LogP contribution in [-0.2, 0) is 9.59 Å². The van der Waals surface area contributed by atoms with E-state index in [0.29, 0.717) is 54.2 Å². The van der Waals surface area contributed by atoms with Crippen LogP contribution in [0.3, 0.4) is 0 Å². The summed E-state index contributed by atoms with van der Waals surface area (Å²) in [6, 6.07) is 11.6. The first-order chi connectivity index (χ1) is 15.7. The van der Waals surface area contributed by atoms with Crippen molar-refractivity contribution in [2.45, 2.75) is 38.7 Å². The first kappa shape index (κ1) is 22.5. The van der Waals surface area contributed by atoms with Gasteiger partial charge < -0.3 is 19.7 Å². The Hall–Kier alpha value is -3.68. The average molecular weight is 450 g/mol. The number of likely N-dealkylation sites (tertiary alicyclic amines) is 1. The predicted molar refractivity (Wildman–Crippen MR) is 121 cm³/mol. The number of fused-ring (bicyclic) bond motifs is 1. The van der Waals surface area contributed by atoms with Gasteiger partial charge in [0.15, 0.2) is 18.2 Å². The van der Waals surface area contributed by atoms with Gasteiger partial charge in [0.25, 0.3) is 5.91 Å². The van der Waals surface area contributed by atoms with Gasteiger partial charge in [-0.1, -0.05) is 12.1 Å². The van der Waals surface area contributed by atoms with Gasteiger partial charge >= 0.3 is 0 Å². The molecule has 0 aliphatic carbocycles. The molecule has 2 aromatic rings. The number of anilines is 1. The molecule has 0 bridgehead atoms. The highest BCUT2D eigenvalue weighted by Gasteiger charge is 2.43. The van der Waals surface area contributed by atoms with Gasteiger partial charge in [0, 0.05) is 50.2 Å². The summed E-state index contributed by atoms with van der Waals surface area (Å²) in [7, 11) is 0. The number of ether oxygens (including phenoxy) is 2. The predicted octanol–water partition coefficient (Wildman–Crippen LogP) is 3.25. The van der Waals surface area contributed by atoms with Crippen LogP contribution >= 0.6 is 0 Å². The van der Waals surface area contributed by atoms with Crippen LogP contribution in [0.5, 0.6) is 11.5 Å². The summed E-state index contributed by atoms with van der Waals surface area (Å²) >= 11 is 0. The van der Waals surface area contributed by atoms with E-state index in [9.17, 15) is 19.2 Å². The number of piperidine rings is 1. The third-order valence-electron chi connectivity index (χ3n) is 6.11. The fourth-order valence-corrected chi connectivity index (χ4v) is 4.23. The van der Waals surface area contributed by atoms with Crippen LogP contribution in [0.2, 0.25) is 0 Å². The van der Waals surface area contributed by atoms with Crippen molar-refractivity contribution >= 4 is 29.1 Å². The van der Waals surface area contributed by atoms with E-state index in [1.165, 1.54) is 6.92 Å². The van der Waals surface area contributed by atoms with E-state index in [-0.39, 0.29) is 36.4 Å². The lowest BCUT2D eigenvalue weighted by Crippen LogP contribution is -2.51. The van der Waals surface area contributed by atoms with Crippen molar-refractivity contribution < 1.29 is 28.7 Å². The molecule has 1 spiro atoms. The molecule has 2 heterocycles. The van der Waals surface area contributed by atoms with Gasteiger partial charge in [-0.25, -0.2) is 0 Å². The minimum absolute atomic E-state index is 0.00201. The Balaban J connectivity index is 1.40. The summed E-state index contributed by atoms with van der Waals surface area (Å²) in [5, 5.41) is 2.70. The van der Waals surface area contributed by atoms with Crippen LogP contribution in [0.1, 0.15) is 53.8 Å². The molecule has 2 aliphatic rings. The number of nitrogens with zero attached hydrogens (tertiary/aromatic N) is 1. The Morgan fingerprint density at radius 3 is 2.55 bits per heavy atom. The molecule has 33 heavy (non-hydrogen) atoms. The highest BCUT2D eigenvalue weighted by Crippen LogP contribution is 2.40. The molecule has 4 rings (SSSR count). The van der Waals surface area contributed by atoms with Crippen molar-refractivity contribution in [1.82, 2.24) is 4.90 Å². The number of Topliss-reactive ketones (excluding diaryl/α,β-unsaturated/α-hetero) is 2. The number of carbonyl (C=O) groups excluding carboxylic acids is 4. The van der Waals surface area contributed by atoms with Gasteiger partial charge in [-0.3, -0.25) is 19.2 Å². The van der Waals surface area contributed by atoms with Gasteiger partial charge in [-0.05, 0) is 31.2 Å². The third kappa shape index (κ3) is 5.05. The molecule has 2 amide bonds. The van der Waals surface area contributed by atoms with Gasteiger partial charge in [-0.2, -0.15) is 0 Å². The quantitative estimate of drug-likeness (QED) is 0.702. The molecular formula is C25H26N2O6. The zero-order valence-corrected chi connectivity index (χ0v) is 18.7. The smallest absolute Gasteiger partial charge is 0.262 e. The van der Waals surface area contributed by atoms with Crippen molar-refractivity contribution in [2.24, 2.45) is 0 Å². The van der Waals surface area contributed by atoms with Crippen molar-refractivity contribution in [3.63, 3.8) is 0 Å². The number of amides is 2. The molecule has 8 nitrogen and oxygen atoms in total. The lowest BCUT2D eigenvalue weighted by atomic mass is 9.82. The SMILES string of the molecule is CC(=O)c1cccc(NC(=O)COc2ccc3c(c2)OC2(CCN(C(C)=O)CC2)CC3=O)c1. The highest BCUT2D eigenvalue weighted by molar-refractivity contribution is 6.00. The summed E-state index contributed by atoms with van der Waals surface area (Å²) in [6.45, 7) is 3.87. The molecule has 0 aromatic heterocycles. The average Bonchev–Trinajstić information content (AvgIpc) is 2.78. The van der Waals surface area contributed by atoms with Crippen LogP contribution in [0.25, 0.3) is 0 Å². The standard InChI is InChI=1S/C25H26N2O6/c1-16(28)18-4-3-5-19(12-18)26-24(31)15-32-20-6-7-21-22(30)14-25(33-23(21)13-20)8-10-27(11-9-25)17(2)29/h3-7,12-13H,8-11,14-15H2,1-2H3,(H,26,31). The van der Waals surface area contributed by atoms with Gasteiger partial charge in [0.2, 0.25) is 5.91 Å². The molecule has 0 unspecified atom stereocenters. The van der Waals surface area contributed by atoms with E-state index in [1.807, 2.05) is 0 Å². The number of benzene rings is 2. The summed E-state index contributed by atoms with van der Waals surface area (Å²) < 4.78 is 11.9. The Morgan fingerprint density at radius 2 is 1.85 bits per heavy atom. The number of hydrogen-bond acceptors (Lipinski definition) is 6. The second-order valence-electron chi connectivity index (χ2n) is 8.52. The van der Waals surface area contributed by atoms with E-state index < -0.39 is 5.60 Å². The number of rotatable bonds is 5. The van der Waals surface area contributed by atoms with Gasteiger partial charge in [0.1, 0.15) is 17.1 Å². The molecular weight excluding hydrogens is 424 g/mol. The molecule has 8 heteroatoms. The molecule has 172 valence electrons. The van der Waals surface area contributed by atoms with Crippen LogP contribution in [0.4, 0.5) is 5.69 Å². The molecule has 0 atom stereocenters. The van der Waals surface area contributed by atoms with Crippen LogP contribution in [0, 0.1) is 0 Å². The first-order valence-corrected chi connectivity index (χ1v) is 10.9. The topological polar surface area (TPSA) is 102 Å². The van der Waals surface area contributed by atoms with Gasteiger partial charge in [-0.15, -0.1) is 0 Å². The Bertz CT molecular complexity index is 1120. The molecule has 0 saturated carbocycles. The molecule has 2 aromatic carbocycles. The lowest BCUT2D eigenvalue weighted by Gasteiger charge is -2.43. The summed E-state index contributed by atoms with van der Waals surface area (Å²) in [5.74, 6) is 0.410. The van der Waals surface area contributed by atoms with Crippen molar-refractivity contribution in [2.75, 3.05) is 25.0 Å². The van der Waals surface area contributed by atoms with Gasteiger partial charge in [0.05, 0.1) is 12.0 Å². The van der Waals surface area contributed by atoms with E-state index >= 15 is 0 Å². The second-order valence-corrected chi connectivity index (χ2v) is 8.52. The molecule has 0 radical (unpaired) electrons. The van der Waals surface area contributed by atoms with Crippen molar-refractivity contribution in [3.8, 4) is 11.5 Å². The minimum atomic E-state index is -0.617.